The molecule has 2 atom stereocenters. The van der Waals surface area contributed by atoms with E-state index in [1.54, 1.807) is 24.0 Å². The van der Waals surface area contributed by atoms with Gasteiger partial charge in [-0.1, -0.05) is 36.4 Å². The molecule has 150 valence electrons. The highest BCUT2D eigenvalue weighted by Crippen LogP contribution is 2.41. The van der Waals surface area contributed by atoms with Crippen LogP contribution in [0.5, 0.6) is 0 Å². The predicted molar refractivity (Wildman–Crippen MR) is 115 cm³/mol. The normalized spacial score (nSPS) is 15.3. The van der Waals surface area contributed by atoms with Crippen molar-refractivity contribution in [2.45, 2.75) is 24.7 Å². The summed E-state index contributed by atoms with van der Waals surface area (Å²) in [5.74, 6) is -1.69. The van der Waals surface area contributed by atoms with Crippen molar-refractivity contribution in [3.63, 3.8) is 0 Å². The molecule has 0 saturated heterocycles. The Kier molecular flexibility index (Phi) is 4.28. The Morgan fingerprint density at radius 3 is 2.70 bits per heavy atom. The number of para-hydroxylation sites is 2. The molecule has 2 unspecified atom stereocenters. The molecule has 0 fully saturated rings. The van der Waals surface area contributed by atoms with E-state index in [0.29, 0.717) is 18.4 Å². The lowest BCUT2D eigenvalue weighted by Crippen LogP contribution is -2.30. The number of amides is 1. The molecule has 6 nitrogen and oxygen atoms in total. The van der Waals surface area contributed by atoms with E-state index in [9.17, 15) is 14.4 Å². The first-order valence-electron chi connectivity index (χ1n) is 10.0. The van der Waals surface area contributed by atoms with Gasteiger partial charge < -0.3 is 15.1 Å². The van der Waals surface area contributed by atoms with Gasteiger partial charge in [-0.25, -0.2) is 0 Å². The van der Waals surface area contributed by atoms with Crippen LogP contribution in [0.3, 0.4) is 0 Å². The summed E-state index contributed by atoms with van der Waals surface area (Å²) in [6.07, 6.45) is 5.51. The molecule has 0 bridgehead atoms. The molecule has 2 aromatic heterocycles. The van der Waals surface area contributed by atoms with Crippen LogP contribution in [0.25, 0.3) is 21.8 Å². The molecule has 3 heterocycles. The summed E-state index contributed by atoms with van der Waals surface area (Å²) in [5.41, 5.74) is 4.31. The first-order valence-corrected chi connectivity index (χ1v) is 10.0. The van der Waals surface area contributed by atoms with Gasteiger partial charge in [-0.15, -0.1) is 0 Å². The van der Waals surface area contributed by atoms with E-state index in [1.807, 2.05) is 42.5 Å². The Morgan fingerprint density at radius 1 is 1.10 bits per heavy atom. The maximum Gasteiger partial charge on any atom is 0.231 e. The average molecular weight is 399 g/mol. The predicted octanol–water partition coefficient (Wildman–Crippen LogP) is 3.52. The third kappa shape index (κ3) is 2.60. The molecule has 1 aliphatic rings. The van der Waals surface area contributed by atoms with Gasteiger partial charge in [0.2, 0.25) is 11.8 Å². The van der Waals surface area contributed by atoms with Crippen molar-refractivity contribution in [2.24, 2.45) is 0 Å². The van der Waals surface area contributed by atoms with E-state index < -0.39 is 11.8 Å². The summed E-state index contributed by atoms with van der Waals surface area (Å²) in [6, 6.07) is 13.6. The van der Waals surface area contributed by atoms with Crippen LogP contribution in [0.1, 0.15) is 39.7 Å². The number of carbonyl (C=O) groups excluding carboxylic acids is 3. The van der Waals surface area contributed by atoms with Gasteiger partial charge in [-0.2, -0.15) is 0 Å². The summed E-state index contributed by atoms with van der Waals surface area (Å²) in [4.78, 5) is 41.2. The number of aromatic nitrogens is 2. The maximum absolute atomic E-state index is 13.1. The summed E-state index contributed by atoms with van der Waals surface area (Å²) in [5, 5.41) is 4.48. The van der Waals surface area contributed by atoms with Gasteiger partial charge in [-0.3, -0.25) is 14.2 Å². The van der Waals surface area contributed by atoms with E-state index >= 15 is 0 Å². The van der Waals surface area contributed by atoms with Crippen LogP contribution in [0.4, 0.5) is 0 Å². The zero-order valence-electron chi connectivity index (χ0n) is 16.5. The number of nitrogens with zero attached hydrogens (tertiary/aromatic N) is 1. The van der Waals surface area contributed by atoms with Crippen LogP contribution in [0.2, 0.25) is 0 Å². The highest BCUT2D eigenvalue weighted by atomic mass is 16.2. The van der Waals surface area contributed by atoms with Crippen LogP contribution in [-0.4, -0.2) is 34.7 Å². The summed E-state index contributed by atoms with van der Waals surface area (Å²) in [6.45, 7) is 0. The Bertz CT molecular complexity index is 1310. The molecule has 5 rings (SSSR count). The molecule has 1 amide bonds. The van der Waals surface area contributed by atoms with E-state index in [0.717, 1.165) is 39.2 Å². The van der Waals surface area contributed by atoms with Crippen LogP contribution >= 0.6 is 0 Å². The Morgan fingerprint density at radius 2 is 1.90 bits per heavy atom. The van der Waals surface area contributed by atoms with Gasteiger partial charge in [0.25, 0.3) is 0 Å². The molecular weight excluding hydrogens is 378 g/mol. The minimum Gasteiger partial charge on any atom is -0.361 e. The quantitative estimate of drug-likeness (QED) is 0.504. The van der Waals surface area contributed by atoms with Crippen molar-refractivity contribution in [1.29, 1.82) is 0 Å². The number of aldehydes is 1. The SMILES string of the molecule is CNC(=O)C(c1cn2c3c(cccc13)CCC2=O)C(C=O)c1c[nH]c2ccccc12. The van der Waals surface area contributed by atoms with E-state index in [4.69, 9.17) is 0 Å². The second-order valence-corrected chi connectivity index (χ2v) is 7.70. The van der Waals surface area contributed by atoms with Gasteiger partial charge in [0.1, 0.15) is 6.29 Å². The van der Waals surface area contributed by atoms with Crippen LogP contribution < -0.4 is 5.32 Å². The molecule has 1 aliphatic heterocycles. The Hall–Kier alpha value is -3.67. The molecule has 2 aromatic carbocycles. The number of H-pyrrole nitrogens is 1. The van der Waals surface area contributed by atoms with E-state index in [-0.39, 0.29) is 11.8 Å². The number of aromatic amines is 1. The number of benzene rings is 2. The minimum atomic E-state index is -0.753. The van der Waals surface area contributed by atoms with Gasteiger partial charge in [0.05, 0.1) is 17.4 Å². The number of fused-ring (bicyclic) bond motifs is 1. The molecule has 0 saturated carbocycles. The summed E-state index contributed by atoms with van der Waals surface area (Å²) >= 11 is 0. The number of hydrogen-bond donors (Lipinski definition) is 2. The lowest BCUT2D eigenvalue weighted by atomic mass is 9.81. The van der Waals surface area contributed by atoms with Crippen molar-refractivity contribution < 1.29 is 14.4 Å². The molecule has 6 heteroatoms. The lowest BCUT2D eigenvalue weighted by Gasteiger charge is -2.21. The summed E-state index contributed by atoms with van der Waals surface area (Å²) in [7, 11) is 1.57. The monoisotopic (exact) mass is 399 g/mol. The van der Waals surface area contributed by atoms with Crippen LogP contribution in [0.15, 0.2) is 54.9 Å². The second kappa shape index (κ2) is 6.99. The molecule has 30 heavy (non-hydrogen) atoms. The largest absolute Gasteiger partial charge is 0.361 e. The number of likely N-dealkylation sites (N-methyl/N-ethyl adjacent to an activating group) is 1. The highest BCUT2D eigenvalue weighted by Gasteiger charge is 2.35. The standard InChI is InChI=1S/C24H21N3O3/c1-25-24(30)22(19(13-28)17-11-26-20-8-3-2-6-15(17)20)18-12-27-21(29)10-9-14-5-4-7-16(18)23(14)27/h2-8,11-13,19,22,26H,9-10H2,1H3,(H,25,30). The Labute approximate surface area is 172 Å². The van der Waals surface area contributed by atoms with Gasteiger partial charge >= 0.3 is 0 Å². The van der Waals surface area contributed by atoms with Crippen LogP contribution in [0, 0.1) is 0 Å². The zero-order valence-corrected chi connectivity index (χ0v) is 16.5. The topological polar surface area (TPSA) is 84.0 Å². The molecule has 2 N–H and O–H groups in total. The smallest absolute Gasteiger partial charge is 0.231 e. The number of rotatable bonds is 5. The van der Waals surface area contributed by atoms with Gasteiger partial charge in [0, 0.05) is 42.2 Å². The summed E-state index contributed by atoms with van der Waals surface area (Å²) < 4.78 is 1.65. The Balaban J connectivity index is 1.75. The maximum atomic E-state index is 13.1. The molecule has 0 spiro atoms. The minimum absolute atomic E-state index is 0.00959. The zero-order chi connectivity index (χ0) is 20.8. The third-order valence-corrected chi connectivity index (χ3v) is 6.17. The number of carbonyl (C=O) groups is 3. The van der Waals surface area contributed by atoms with Crippen molar-refractivity contribution in [3.8, 4) is 0 Å². The van der Waals surface area contributed by atoms with Gasteiger partial charge in [-0.05, 0) is 29.2 Å². The van der Waals surface area contributed by atoms with E-state index in [2.05, 4.69) is 10.3 Å². The fourth-order valence-corrected chi connectivity index (χ4v) is 4.74. The van der Waals surface area contributed by atoms with Gasteiger partial charge in [0.15, 0.2) is 0 Å². The second-order valence-electron chi connectivity index (χ2n) is 7.70. The third-order valence-electron chi connectivity index (χ3n) is 6.17. The first kappa shape index (κ1) is 18.4. The first-order chi connectivity index (χ1) is 14.6. The highest BCUT2D eigenvalue weighted by molar-refractivity contribution is 6.02. The van der Waals surface area contributed by atoms with Crippen molar-refractivity contribution in [3.05, 3.63) is 71.5 Å². The molecular formula is C24H21N3O3. The van der Waals surface area contributed by atoms with E-state index in [1.165, 1.54) is 0 Å². The van der Waals surface area contributed by atoms with Crippen molar-refractivity contribution in [2.75, 3.05) is 7.05 Å². The average Bonchev–Trinajstić information content (AvgIpc) is 3.37. The van der Waals surface area contributed by atoms with Crippen molar-refractivity contribution in [1.82, 2.24) is 14.9 Å². The lowest BCUT2D eigenvalue weighted by molar-refractivity contribution is -0.124. The fraction of sp³-hybridized carbons (Fsp3) is 0.208. The fourth-order valence-electron chi connectivity index (χ4n) is 4.74. The number of aryl methyl sites for hydroxylation is 1. The number of hydrogen-bond acceptors (Lipinski definition) is 3. The van der Waals surface area contributed by atoms with Crippen LogP contribution in [-0.2, 0) is 16.0 Å². The molecule has 0 aliphatic carbocycles. The molecule has 4 aromatic rings. The van der Waals surface area contributed by atoms with Crippen molar-refractivity contribution >= 4 is 39.9 Å². The number of nitrogens with one attached hydrogen (secondary N) is 2. The molecule has 0 radical (unpaired) electrons.